The molecule has 2 atom stereocenters. The van der Waals surface area contributed by atoms with Gasteiger partial charge in [0.15, 0.2) is 5.17 Å². The van der Waals surface area contributed by atoms with Crippen molar-refractivity contribution in [2.75, 3.05) is 20.3 Å². The number of nitrogens with one attached hydrogen (secondary N) is 1. The highest BCUT2D eigenvalue weighted by Crippen LogP contribution is 2.31. The van der Waals surface area contributed by atoms with Gasteiger partial charge in [0.05, 0.1) is 22.5 Å². The smallest absolute Gasteiger partial charge is 0.282 e. The minimum Gasteiger partial charge on any atom is -0.385 e. The molecule has 0 unspecified atom stereocenters. The Morgan fingerprint density at radius 2 is 2.11 bits per heavy atom. The van der Waals surface area contributed by atoms with E-state index >= 15 is 0 Å². The number of hydrogen-bond donors (Lipinski definition) is 1. The second-order valence-electron chi connectivity index (χ2n) is 6.54. The average Bonchev–Trinajstić information content (AvgIpc) is 3.30. The van der Waals surface area contributed by atoms with Crippen LogP contribution in [0.2, 0.25) is 0 Å². The summed E-state index contributed by atoms with van der Waals surface area (Å²) in [6.07, 6.45) is 10.7. The van der Waals surface area contributed by atoms with Crippen LogP contribution in [-0.2, 0) is 4.74 Å². The van der Waals surface area contributed by atoms with Crippen molar-refractivity contribution < 1.29 is 4.74 Å². The Labute approximate surface area is 167 Å². The lowest BCUT2D eigenvalue weighted by Crippen LogP contribution is -2.24. The molecule has 144 valence electrons. The highest BCUT2D eigenvalue weighted by molar-refractivity contribution is 8.14. The first kappa shape index (κ1) is 18.7. The normalized spacial score (nSPS) is 20.7. The fraction of sp³-hybridized carbons (Fsp3) is 0.286. The molecule has 0 saturated heterocycles. The number of thioether (sulfide) groups is 1. The van der Waals surface area contributed by atoms with Gasteiger partial charge in [-0.2, -0.15) is 4.68 Å². The zero-order chi connectivity index (χ0) is 19.3. The van der Waals surface area contributed by atoms with Gasteiger partial charge in [-0.05, 0) is 6.42 Å². The molecule has 6 nitrogen and oxygen atoms in total. The van der Waals surface area contributed by atoms with Gasteiger partial charge < -0.3 is 4.74 Å². The van der Waals surface area contributed by atoms with E-state index in [-0.39, 0.29) is 16.9 Å². The zero-order valence-electron chi connectivity index (χ0n) is 15.6. The van der Waals surface area contributed by atoms with Crippen LogP contribution in [0.1, 0.15) is 12.0 Å². The number of ether oxygens (including phenoxy) is 1. The number of rotatable bonds is 6. The third kappa shape index (κ3) is 3.81. The Morgan fingerprint density at radius 1 is 1.29 bits per heavy atom. The third-order valence-electron chi connectivity index (χ3n) is 4.59. The molecule has 2 aromatic rings. The van der Waals surface area contributed by atoms with Crippen molar-refractivity contribution in [2.24, 2.45) is 9.98 Å². The van der Waals surface area contributed by atoms with Gasteiger partial charge in [-0.3, -0.25) is 19.9 Å². The van der Waals surface area contributed by atoms with Crippen LogP contribution in [-0.4, -0.2) is 52.7 Å². The van der Waals surface area contributed by atoms with Gasteiger partial charge >= 0.3 is 0 Å². The first-order valence-electron chi connectivity index (χ1n) is 9.27. The number of methoxy groups -OCH3 is 1. The molecule has 1 aliphatic carbocycles. The molecule has 1 aromatic carbocycles. The fourth-order valence-corrected chi connectivity index (χ4v) is 4.30. The standard InChI is InChI=1S/C21H22N4O2S/c1-27-13-7-12-22-14-16-19(15-8-3-2-4-9-15)24-25(20(16)26)21-23-17-10-5-6-11-18(17)28-21/h2-6,8-11,14,17-18,24H,7,12-13H2,1H3/t17-,18-/m0/s1. The lowest BCUT2D eigenvalue weighted by Gasteiger charge is -2.10. The monoisotopic (exact) mass is 394 g/mol. The molecule has 0 amide bonds. The van der Waals surface area contributed by atoms with Crippen LogP contribution in [0.4, 0.5) is 0 Å². The fourth-order valence-electron chi connectivity index (χ4n) is 3.18. The van der Waals surface area contributed by atoms with Gasteiger partial charge in [0.2, 0.25) is 0 Å². The van der Waals surface area contributed by atoms with Gasteiger partial charge in [-0.1, -0.05) is 66.4 Å². The van der Waals surface area contributed by atoms with Gasteiger partial charge in [-0.25, -0.2) is 0 Å². The van der Waals surface area contributed by atoms with Crippen LogP contribution in [0.25, 0.3) is 11.3 Å². The molecule has 1 N–H and O–H groups in total. The van der Waals surface area contributed by atoms with E-state index in [4.69, 9.17) is 9.73 Å². The predicted molar refractivity (Wildman–Crippen MR) is 116 cm³/mol. The molecule has 0 bridgehead atoms. The Kier molecular flexibility index (Phi) is 5.73. The van der Waals surface area contributed by atoms with E-state index < -0.39 is 0 Å². The minimum atomic E-state index is -0.132. The SMILES string of the molecule is COCCCN=Cc1c(-c2ccccc2)[nH]n(C2=N[C@H]3C=CC=C[C@@H]3S2)c1=O. The van der Waals surface area contributed by atoms with Gasteiger partial charge in [-0.15, -0.1) is 0 Å². The second kappa shape index (κ2) is 8.58. The number of aromatic amines is 1. The maximum Gasteiger partial charge on any atom is 0.282 e. The summed E-state index contributed by atoms with van der Waals surface area (Å²) < 4.78 is 6.60. The number of allylic oxidation sites excluding steroid dienone is 2. The maximum atomic E-state index is 13.2. The number of hydrogen-bond acceptors (Lipinski definition) is 5. The van der Waals surface area contributed by atoms with Crippen LogP contribution in [0.5, 0.6) is 0 Å². The van der Waals surface area contributed by atoms with Gasteiger partial charge in [0.25, 0.3) is 5.56 Å². The molecule has 2 aliphatic rings. The van der Waals surface area contributed by atoms with E-state index in [2.05, 4.69) is 22.2 Å². The molecular weight excluding hydrogens is 372 g/mol. The van der Waals surface area contributed by atoms with Crippen LogP contribution in [0, 0.1) is 0 Å². The number of nitrogens with zero attached hydrogens (tertiary/aromatic N) is 3. The number of aromatic nitrogens is 2. The van der Waals surface area contributed by atoms with Crippen LogP contribution in [0.15, 0.2) is 69.4 Å². The summed E-state index contributed by atoms with van der Waals surface area (Å²) in [4.78, 5) is 22.3. The second-order valence-corrected chi connectivity index (χ2v) is 7.69. The predicted octanol–water partition coefficient (Wildman–Crippen LogP) is 3.11. The molecule has 2 heterocycles. The number of H-pyrrole nitrogens is 1. The third-order valence-corrected chi connectivity index (χ3v) is 5.80. The lowest BCUT2D eigenvalue weighted by molar-refractivity contribution is 0.197. The molecule has 1 aliphatic heterocycles. The first-order valence-corrected chi connectivity index (χ1v) is 10.1. The maximum absolute atomic E-state index is 13.2. The van der Waals surface area contributed by atoms with E-state index in [9.17, 15) is 4.79 Å². The molecule has 1 aromatic heterocycles. The largest absolute Gasteiger partial charge is 0.385 e. The molecule has 28 heavy (non-hydrogen) atoms. The molecule has 0 radical (unpaired) electrons. The van der Waals surface area contributed by atoms with E-state index in [0.717, 1.165) is 17.7 Å². The topological polar surface area (TPSA) is 71.7 Å². The van der Waals surface area contributed by atoms with Crippen molar-refractivity contribution in [2.45, 2.75) is 17.7 Å². The van der Waals surface area contributed by atoms with E-state index in [1.165, 1.54) is 0 Å². The Hall–Kier alpha value is -2.64. The van der Waals surface area contributed by atoms with Crippen molar-refractivity contribution in [1.29, 1.82) is 0 Å². The molecule has 4 rings (SSSR count). The summed E-state index contributed by atoms with van der Waals surface area (Å²) in [6, 6.07) is 9.90. The summed E-state index contributed by atoms with van der Waals surface area (Å²) in [5, 5.41) is 4.18. The first-order chi connectivity index (χ1) is 13.8. The van der Waals surface area contributed by atoms with Crippen LogP contribution in [0.3, 0.4) is 0 Å². The summed E-state index contributed by atoms with van der Waals surface area (Å²) >= 11 is 1.60. The van der Waals surface area contributed by atoms with E-state index in [0.29, 0.717) is 23.9 Å². The number of aliphatic imine (C=N–C) groups is 2. The summed E-state index contributed by atoms with van der Waals surface area (Å²) in [5.41, 5.74) is 2.11. The Balaban J connectivity index is 1.69. The summed E-state index contributed by atoms with van der Waals surface area (Å²) in [7, 11) is 1.67. The van der Waals surface area contributed by atoms with Gasteiger partial charge in [0, 0.05) is 32.0 Å². The minimum absolute atomic E-state index is 0.0755. The summed E-state index contributed by atoms with van der Waals surface area (Å²) in [6.45, 7) is 1.26. The van der Waals surface area contributed by atoms with E-state index in [1.54, 1.807) is 29.8 Å². The van der Waals surface area contributed by atoms with Crippen molar-refractivity contribution in [3.8, 4) is 11.3 Å². The van der Waals surface area contributed by atoms with Crippen molar-refractivity contribution in [3.63, 3.8) is 0 Å². The highest BCUT2D eigenvalue weighted by Gasteiger charge is 2.30. The van der Waals surface area contributed by atoms with Crippen molar-refractivity contribution in [1.82, 2.24) is 9.78 Å². The molecule has 7 heteroatoms. The molecule has 0 fully saturated rings. The van der Waals surface area contributed by atoms with Crippen molar-refractivity contribution in [3.05, 3.63) is 70.6 Å². The number of fused-ring (bicyclic) bond motifs is 1. The molecule has 0 spiro atoms. The van der Waals surface area contributed by atoms with E-state index in [1.807, 2.05) is 42.5 Å². The zero-order valence-corrected chi connectivity index (χ0v) is 16.4. The highest BCUT2D eigenvalue weighted by atomic mass is 32.2. The van der Waals surface area contributed by atoms with Gasteiger partial charge in [0.1, 0.15) is 0 Å². The molecular formula is C21H22N4O2S. The molecule has 0 saturated carbocycles. The van der Waals surface area contributed by atoms with Crippen LogP contribution >= 0.6 is 11.8 Å². The Morgan fingerprint density at radius 3 is 2.89 bits per heavy atom. The Bertz CT molecular complexity index is 1000. The quantitative estimate of drug-likeness (QED) is 0.604. The summed E-state index contributed by atoms with van der Waals surface area (Å²) in [5.74, 6) is 0. The number of benzene rings is 1. The average molecular weight is 395 g/mol. The lowest BCUT2D eigenvalue weighted by atomic mass is 10.1. The van der Waals surface area contributed by atoms with Crippen LogP contribution < -0.4 is 5.56 Å². The van der Waals surface area contributed by atoms with Crippen molar-refractivity contribution >= 4 is 23.1 Å².